The molecule has 0 unspecified atom stereocenters. The first kappa shape index (κ1) is 18.6. The summed E-state index contributed by atoms with van der Waals surface area (Å²) < 4.78 is 7.04. The minimum atomic E-state index is -0.472. The van der Waals surface area contributed by atoms with E-state index in [1.54, 1.807) is 43.3 Å². The van der Waals surface area contributed by atoms with Gasteiger partial charge in [0.2, 0.25) is 0 Å². The van der Waals surface area contributed by atoms with E-state index < -0.39 is 5.97 Å². The Morgan fingerprint density at radius 2 is 1.96 bits per heavy atom. The van der Waals surface area contributed by atoms with Crippen LogP contribution in [0.3, 0.4) is 0 Å². The van der Waals surface area contributed by atoms with Crippen molar-refractivity contribution in [3.63, 3.8) is 0 Å². The zero-order valence-electron chi connectivity index (χ0n) is 15.7. The number of benzene rings is 2. The number of fused-ring (bicyclic) bond motifs is 1. The summed E-state index contributed by atoms with van der Waals surface area (Å²) in [7, 11) is 0. The number of carbonyl (C=O) groups is 2. The standard InChI is InChI=1S/C22H20ClNO4/c1-12-21(28-13(2)25)20-17(9-10-18(26)19(20)14-5-3-6-14)24(12)22(27)15-7-4-8-16(23)11-15/h4,7-11,14,26H,3,5-6H2,1-2H3. The Balaban J connectivity index is 2.00. The van der Waals surface area contributed by atoms with Gasteiger partial charge in [-0.2, -0.15) is 0 Å². The van der Waals surface area contributed by atoms with Crippen molar-refractivity contribution in [2.24, 2.45) is 0 Å². The number of phenols is 1. The van der Waals surface area contributed by atoms with Gasteiger partial charge in [0.25, 0.3) is 5.91 Å². The van der Waals surface area contributed by atoms with Crippen LogP contribution in [0.25, 0.3) is 10.9 Å². The third-order valence-electron chi connectivity index (χ3n) is 5.37. The maximum atomic E-state index is 13.3. The molecule has 0 radical (unpaired) electrons. The van der Waals surface area contributed by atoms with Crippen molar-refractivity contribution >= 4 is 34.4 Å². The molecule has 1 heterocycles. The van der Waals surface area contributed by atoms with Crippen LogP contribution in [0.1, 0.15) is 53.7 Å². The molecule has 4 rings (SSSR count). The van der Waals surface area contributed by atoms with Crippen molar-refractivity contribution in [3.8, 4) is 11.5 Å². The first-order valence-corrected chi connectivity index (χ1v) is 9.62. The number of hydrogen-bond acceptors (Lipinski definition) is 4. The molecule has 0 bridgehead atoms. The molecule has 0 atom stereocenters. The predicted molar refractivity (Wildman–Crippen MR) is 107 cm³/mol. The number of halogens is 1. The number of esters is 1. The fourth-order valence-corrected chi connectivity index (χ4v) is 4.07. The lowest BCUT2D eigenvalue weighted by Crippen LogP contribution is -2.14. The Kier molecular flexibility index (Phi) is 4.63. The lowest BCUT2D eigenvalue weighted by molar-refractivity contribution is -0.131. The zero-order chi connectivity index (χ0) is 20.0. The number of carbonyl (C=O) groups excluding carboxylic acids is 2. The van der Waals surface area contributed by atoms with Crippen LogP contribution in [0.15, 0.2) is 36.4 Å². The molecule has 144 valence electrons. The lowest BCUT2D eigenvalue weighted by atomic mass is 9.78. The molecule has 5 nitrogen and oxygen atoms in total. The molecule has 0 amide bonds. The van der Waals surface area contributed by atoms with Crippen molar-refractivity contribution in [1.29, 1.82) is 0 Å². The van der Waals surface area contributed by atoms with Gasteiger partial charge in [-0.25, -0.2) is 0 Å². The van der Waals surface area contributed by atoms with E-state index in [1.807, 2.05) is 0 Å². The topological polar surface area (TPSA) is 68.5 Å². The van der Waals surface area contributed by atoms with Gasteiger partial charge in [0.1, 0.15) is 5.75 Å². The quantitative estimate of drug-likeness (QED) is 0.617. The van der Waals surface area contributed by atoms with Gasteiger partial charge in [-0.1, -0.05) is 24.1 Å². The fourth-order valence-electron chi connectivity index (χ4n) is 3.88. The molecule has 1 fully saturated rings. The number of phenolic OH excluding ortho intramolecular Hbond substituents is 1. The van der Waals surface area contributed by atoms with E-state index in [2.05, 4.69) is 0 Å². The minimum absolute atomic E-state index is 0.165. The molecular weight excluding hydrogens is 378 g/mol. The molecule has 3 aromatic rings. The molecule has 6 heteroatoms. The van der Waals surface area contributed by atoms with E-state index in [0.717, 1.165) is 24.8 Å². The van der Waals surface area contributed by atoms with Crippen LogP contribution in [0.4, 0.5) is 0 Å². The molecule has 0 saturated heterocycles. The second kappa shape index (κ2) is 6.99. The van der Waals surface area contributed by atoms with Crippen LogP contribution < -0.4 is 4.74 Å². The minimum Gasteiger partial charge on any atom is -0.508 e. The number of aromatic nitrogens is 1. The van der Waals surface area contributed by atoms with E-state index in [0.29, 0.717) is 32.9 Å². The Bertz CT molecular complexity index is 1110. The number of rotatable bonds is 3. The summed E-state index contributed by atoms with van der Waals surface area (Å²) in [6.45, 7) is 3.07. The number of aromatic hydroxyl groups is 1. The molecule has 0 spiro atoms. The van der Waals surface area contributed by atoms with Crippen LogP contribution in [-0.4, -0.2) is 21.6 Å². The van der Waals surface area contributed by atoms with E-state index in [9.17, 15) is 14.7 Å². The van der Waals surface area contributed by atoms with Crippen molar-refractivity contribution in [2.45, 2.75) is 39.0 Å². The van der Waals surface area contributed by atoms with Gasteiger partial charge in [0.15, 0.2) is 5.75 Å². The number of nitrogens with zero attached hydrogens (tertiary/aromatic N) is 1. The molecule has 1 aromatic heterocycles. The molecular formula is C22H20ClNO4. The highest BCUT2D eigenvalue weighted by Gasteiger charge is 2.31. The molecule has 28 heavy (non-hydrogen) atoms. The second-order valence-electron chi connectivity index (χ2n) is 7.18. The van der Waals surface area contributed by atoms with E-state index in [1.165, 1.54) is 11.5 Å². The fraction of sp³-hybridized carbons (Fsp3) is 0.273. The van der Waals surface area contributed by atoms with Gasteiger partial charge in [-0.05, 0) is 56.0 Å². The average Bonchev–Trinajstić information content (AvgIpc) is 2.87. The average molecular weight is 398 g/mol. The van der Waals surface area contributed by atoms with Crippen LogP contribution in [-0.2, 0) is 4.79 Å². The highest BCUT2D eigenvalue weighted by atomic mass is 35.5. The highest BCUT2D eigenvalue weighted by molar-refractivity contribution is 6.31. The van der Waals surface area contributed by atoms with E-state index >= 15 is 0 Å². The molecule has 1 saturated carbocycles. The summed E-state index contributed by atoms with van der Waals surface area (Å²) in [5, 5.41) is 11.6. The second-order valence-corrected chi connectivity index (χ2v) is 7.62. The van der Waals surface area contributed by atoms with Gasteiger partial charge in [-0.3, -0.25) is 14.2 Å². The SMILES string of the molecule is CC(=O)Oc1c(C)n(C(=O)c2cccc(Cl)c2)c2ccc(O)c(C3CCC3)c12. The number of ether oxygens (including phenoxy) is 1. The van der Waals surface area contributed by atoms with Crippen LogP contribution >= 0.6 is 11.6 Å². The normalized spacial score (nSPS) is 14.1. The van der Waals surface area contributed by atoms with Gasteiger partial charge < -0.3 is 9.84 Å². The van der Waals surface area contributed by atoms with Crippen LogP contribution in [0.5, 0.6) is 11.5 Å². The first-order chi connectivity index (χ1) is 13.4. The van der Waals surface area contributed by atoms with Gasteiger partial charge in [0, 0.05) is 23.1 Å². The summed E-state index contributed by atoms with van der Waals surface area (Å²) in [5.74, 6) is -0.0583. The lowest BCUT2D eigenvalue weighted by Gasteiger charge is -2.27. The maximum absolute atomic E-state index is 13.3. The van der Waals surface area contributed by atoms with Crippen molar-refractivity contribution in [3.05, 3.63) is 58.2 Å². The van der Waals surface area contributed by atoms with Crippen molar-refractivity contribution in [2.75, 3.05) is 0 Å². The first-order valence-electron chi connectivity index (χ1n) is 9.24. The van der Waals surface area contributed by atoms with Crippen molar-refractivity contribution < 1.29 is 19.4 Å². The Morgan fingerprint density at radius 3 is 2.57 bits per heavy atom. The maximum Gasteiger partial charge on any atom is 0.308 e. The largest absolute Gasteiger partial charge is 0.508 e. The number of hydrogen-bond donors (Lipinski definition) is 1. The summed E-state index contributed by atoms with van der Waals surface area (Å²) >= 11 is 6.06. The van der Waals surface area contributed by atoms with Gasteiger partial charge >= 0.3 is 5.97 Å². The summed E-state index contributed by atoms with van der Waals surface area (Å²) in [5.41, 5.74) is 2.31. The Labute approximate surface area is 167 Å². The predicted octanol–water partition coefficient (Wildman–Crippen LogP) is 5.19. The summed E-state index contributed by atoms with van der Waals surface area (Å²) in [4.78, 5) is 25.0. The molecule has 2 aromatic carbocycles. The van der Waals surface area contributed by atoms with Crippen LogP contribution in [0, 0.1) is 6.92 Å². The molecule has 0 aliphatic heterocycles. The van der Waals surface area contributed by atoms with Gasteiger partial charge in [0.05, 0.1) is 16.6 Å². The highest BCUT2D eigenvalue weighted by Crippen LogP contribution is 2.48. The Hall–Kier alpha value is -2.79. The summed E-state index contributed by atoms with van der Waals surface area (Å²) in [6, 6.07) is 10.0. The molecule has 1 N–H and O–H groups in total. The third kappa shape index (κ3) is 2.96. The third-order valence-corrected chi connectivity index (χ3v) is 5.60. The molecule has 1 aliphatic carbocycles. The smallest absolute Gasteiger partial charge is 0.308 e. The van der Waals surface area contributed by atoms with E-state index in [4.69, 9.17) is 16.3 Å². The van der Waals surface area contributed by atoms with Crippen molar-refractivity contribution in [1.82, 2.24) is 4.57 Å². The molecule has 1 aliphatic rings. The Morgan fingerprint density at radius 1 is 1.21 bits per heavy atom. The van der Waals surface area contributed by atoms with E-state index in [-0.39, 0.29) is 17.6 Å². The summed E-state index contributed by atoms with van der Waals surface area (Å²) in [6.07, 6.45) is 3.00. The van der Waals surface area contributed by atoms with Crippen LogP contribution in [0.2, 0.25) is 5.02 Å². The monoisotopic (exact) mass is 397 g/mol. The zero-order valence-corrected chi connectivity index (χ0v) is 16.4. The van der Waals surface area contributed by atoms with Gasteiger partial charge in [-0.15, -0.1) is 0 Å².